The fourth-order valence-corrected chi connectivity index (χ4v) is 2.23. The summed E-state index contributed by atoms with van der Waals surface area (Å²) in [6.07, 6.45) is 1.31. The Hall–Kier alpha value is -1.41. The number of carbonyl (C=O) groups is 1. The van der Waals surface area contributed by atoms with Crippen LogP contribution in [-0.4, -0.2) is 36.2 Å². The molecule has 8 heteroatoms. The highest BCUT2D eigenvalue weighted by Crippen LogP contribution is 2.10. The minimum Gasteiger partial charge on any atom is -0.459 e. The minimum absolute atomic E-state index is 0.0992. The zero-order valence-corrected chi connectivity index (χ0v) is 11.5. The molecule has 0 aliphatic rings. The summed E-state index contributed by atoms with van der Waals surface area (Å²) in [7, 11) is -3.79. The molecule has 0 fully saturated rings. The zero-order valence-electron chi connectivity index (χ0n) is 10.7. The first-order valence-corrected chi connectivity index (χ1v) is 6.85. The highest BCUT2D eigenvalue weighted by molar-refractivity contribution is 7.89. The summed E-state index contributed by atoms with van der Waals surface area (Å²) in [4.78, 5) is 11.6. The van der Waals surface area contributed by atoms with Crippen LogP contribution < -0.4 is 4.72 Å². The highest BCUT2D eigenvalue weighted by atomic mass is 32.2. The Morgan fingerprint density at radius 2 is 2.11 bits per heavy atom. The third-order valence-corrected chi connectivity index (χ3v) is 3.33. The van der Waals surface area contributed by atoms with Crippen molar-refractivity contribution in [3.05, 3.63) is 12.3 Å². The maximum Gasteiger partial charge on any atom is 0.324 e. The molecule has 1 atom stereocenters. The fraction of sp³-hybridized carbons (Fsp3) is 0.600. The molecule has 0 bridgehead atoms. The van der Waals surface area contributed by atoms with Gasteiger partial charge in [0.2, 0.25) is 0 Å². The molecule has 0 spiro atoms. The molecule has 2 N–H and O–H groups in total. The molecule has 0 amide bonds. The monoisotopic (exact) mass is 275 g/mol. The molecule has 0 saturated heterocycles. The summed E-state index contributed by atoms with van der Waals surface area (Å²) < 4.78 is 30.8. The van der Waals surface area contributed by atoms with Gasteiger partial charge in [0.25, 0.3) is 10.0 Å². The topological polar surface area (TPSA) is 101 Å². The van der Waals surface area contributed by atoms with Crippen molar-refractivity contribution in [3.8, 4) is 0 Å². The lowest BCUT2D eigenvalue weighted by Crippen LogP contribution is -2.42. The van der Waals surface area contributed by atoms with Crippen molar-refractivity contribution in [3.63, 3.8) is 0 Å². The first kappa shape index (κ1) is 14.7. The molecule has 1 aromatic rings. The zero-order chi connectivity index (χ0) is 14.0. The van der Waals surface area contributed by atoms with Gasteiger partial charge < -0.3 is 4.74 Å². The lowest BCUT2D eigenvalue weighted by molar-refractivity contribution is -0.156. The number of sulfonamides is 1. The van der Waals surface area contributed by atoms with E-state index in [0.29, 0.717) is 0 Å². The van der Waals surface area contributed by atoms with Crippen LogP contribution >= 0.6 is 0 Å². The molecular formula is C10H17N3O4S. The summed E-state index contributed by atoms with van der Waals surface area (Å²) in [5, 5.41) is 5.76. The summed E-state index contributed by atoms with van der Waals surface area (Å²) in [6, 6.07) is 0.321. The summed E-state index contributed by atoms with van der Waals surface area (Å²) in [6.45, 7) is 6.55. The first-order chi connectivity index (χ1) is 8.12. The van der Waals surface area contributed by atoms with Gasteiger partial charge in [0.05, 0.1) is 6.20 Å². The van der Waals surface area contributed by atoms with Crippen LogP contribution in [-0.2, 0) is 19.6 Å². The van der Waals surface area contributed by atoms with Crippen molar-refractivity contribution in [1.82, 2.24) is 14.9 Å². The van der Waals surface area contributed by atoms with Crippen molar-refractivity contribution in [2.45, 2.75) is 44.4 Å². The second-order valence-electron chi connectivity index (χ2n) is 4.80. The van der Waals surface area contributed by atoms with E-state index in [2.05, 4.69) is 14.9 Å². The lowest BCUT2D eigenvalue weighted by atomic mass is 10.2. The van der Waals surface area contributed by atoms with E-state index in [1.807, 2.05) is 0 Å². The van der Waals surface area contributed by atoms with Crippen LogP contribution in [0.5, 0.6) is 0 Å². The number of carbonyl (C=O) groups excluding carboxylic acids is 1. The molecule has 7 nitrogen and oxygen atoms in total. The third kappa shape index (κ3) is 4.11. The minimum atomic E-state index is -3.79. The van der Waals surface area contributed by atoms with E-state index in [1.54, 1.807) is 20.8 Å². The maximum absolute atomic E-state index is 11.8. The molecule has 18 heavy (non-hydrogen) atoms. The molecule has 0 unspecified atom stereocenters. The number of hydrogen-bond acceptors (Lipinski definition) is 5. The Kier molecular flexibility index (Phi) is 4.12. The smallest absolute Gasteiger partial charge is 0.324 e. The van der Waals surface area contributed by atoms with Gasteiger partial charge in [0.1, 0.15) is 11.6 Å². The highest BCUT2D eigenvalue weighted by Gasteiger charge is 2.26. The molecule has 1 aromatic heterocycles. The summed E-state index contributed by atoms with van der Waals surface area (Å²) in [5.41, 5.74) is -0.662. The SMILES string of the molecule is C[C@@H](NS(=O)(=O)c1ccn[nH]1)C(=O)OC(C)(C)C. The van der Waals surface area contributed by atoms with Gasteiger partial charge in [0, 0.05) is 0 Å². The number of H-pyrrole nitrogens is 1. The van der Waals surface area contributed by atoms with Gasteiger partial charge in [-0.2, -0.15) is 9.82 Å². The first-order valence-electron chi connectivity index (χ1n) is 5.36. The predicted molar refractivity (Wildman–Crippen MR) is 64.2 cm³/mol. The van der Waals surface area contributed by atoms with Crippen LogP contribution in [0.1, 0.15) is 27.7 Å². The van der Waals surface area contributed by atoms with E-state index < -0.39 is 27.6 Å². The number of ether oxygens (including phenoxy) is 1. The molecule has 0 aromatic carbocycles. The van der Waals surface area contributed by atoms with E-state index in [0.717, 1.165) is 0 Å². The van der Waals surface area contributed by atoms with Gasteiger partial charge in [-0.15, -0.1) is 0 Å². The second kappa shape index (κ2) is 5.07. The van der Waals surface area contributed by atoms with E-state index in [9.17, 15) is 13.2 Å². The standard InChI is InChI=1S/C10H17N3O4S/c1-7(9(14)17-10(2,3)4)13-18(15,16)8-5-6-11-12-8/h5-7,13H,1-4H3,(H,11,12)/t7-/m1/s1. The van der Waals surface area contributed by atoms with Gasteiger partial charge in [-0.1, -0.05) is 0 Å². The molecular weight excluding hydrogens is 258 g/mol. The maximum atomic E-state index is 11.8. The number of nitrogens with one attached hydrogen (secondary N) is 2. The number of nitrogens with zero attached hydrogens (tertiary/aromatic N) is 1. The van der Waals surface area contributed by atoms with Crippen molar-refractivity contribution in [2.75, 3.05) is 0 Å². The number of aromatic amines is 1. The molecule has 102 valence electrons. The van der Waals surface area contributed by atoms with E-state index in [-0.39, 0.29) is 5.03 Å². The quantitative estimate of drug-likeness (QED) is 0.775. The Labute approximate surface area is 106 Å². The van der Waals surface area contributed by atoms with Crippen LogP contribution in [0, 0.1) is 0 Å². The van der Waals surface area contributed by atoms with Crippen LogP contribution in [0.3, 0.4) is 0 Å². The largest absolute Gasteiger partial charge is 0.459 e. The molecule has 0 saturated carbocycles. The van der Waals surface area contributed by atoms with Gasteiger partial charge in [-0.3, -0.25) is 9.89 Å². The molecule has 0 aliphatic carbocycles. The molecule has 0 radical (unpaired) electrons. The Bertz CT molecular complexity index is 502. The van der Waals surface area contributed by atoms with Gasteiger partial charge in [-0.25, -0.2) is 8.42 Å². The lowest BCUT2D eigenvalue weighted by Gasteiger charge is -2.22. The van der Waals surface area contributed by atoms with Gasteiger partial charge in [0.15, 0.2) is 5.03 Å². The normalized spacial score (nSPS) is 14.2. The average molecular weight is 275 g/mol. The van der Waals surface area contributed by atoms with E-state index in [1.165, 1.54) is 19.2 Å². The van der Waals surface area contributed by atoms with Crippen LogP contribution in [0.2, 0.25) is 0 Å². The van der Waals surface area contributed by atoms with Crippen LogP contribution in [0.15, 0.2) is 17.3 Å². The third-order valence-electron chi connectivity index (χ3n) is 1.86. The predicted octanol–water partition coefficient (Wildman–Crippen LogP) is 0.418. The van der Waals surface area contributed by atoms with E-state index >= 15 is 0 Å². The summed E-state index contributed by atoms with van der Waals surface area (Å²) >= 11 is 0. The fourth-order valence-electron chi connectivity index (χ4n) is 1.13. The Balaban J connectivity index is 2.71. The van der Waals surface area contributed by atoms with Crippen LogP contribution in [0.25, 0.3) is 0 Å². The van der Waals surface area contributed by atoms with Crippen molar-refractivity contribution < 1.29 is 17.9 Å². The van der Waals surface area contributed by atoms with Gasteiger partial charge in [-0.05, 0) is 33.8 Å². The number of hydrogen-bond donors (Lipinski definition) is 2. The number of rotatable bonds is 4. The molecule has 1 heterocycles. The number of esters is 1. The Morgan fingerprint density at radius 1 is 1.50 bits per heavy atom. The number of aromatic nitrogens is 2. The summed E-state index contributed by atoms with van der Waals surface area (Å²) in [5.74, 6) is -0.634. The average Bonchev–Trinajstić information content (AvgIpc) is 2.66. The van der Waals surface area contributed by atoms with Crippen molar-refractivity contribution in [1.29, 1.82) is 0 Å². The Morgan fingerprint density at radius 3 is 2.56 bits per heavy atom. The van der Waals surface area contributed by atoms with Crippen molar-refractivity contribution in [2.24, 2.45) is 0 Å². The van der Waals surface area contributed by atoms with Gasteiger partial charge >= 0.3 is 5.97 Å². The molecule has 0 aliphatic heterocycles. The van der Waals surface area contributed by atoms with Crippen LogP contribution in [0.4, 0.5) is 0 Å². The molecule has 1 rings (SSSR count). The van der Waals surface area contributed by atoms with E-state index in [4.69, 9.17) is 4.74 Å². The van der Waals surface area contributed by atoms with Crippen molar-refractivity contribution >= 4 is 16.0 Å². The second-order valence-corrected chi connectivity index (χ2v) is 6.48.